The molecule has 0 spiro atoms. The van der Waals surface area contributed by atoms with Crippen molar-refractivity contribution in [1.82, 2.24) is 20.4 Å². The van der Waals surface area contributed by atoms with Crippen molar-refractivity contribution in [1.29, 1.82) is 0 Å². The number of halogens is 4. The Morgan fingerprint density at radius 3 is 2.41 bits per heavy atom. The summed E-state index contributed by atoms with van der Waals surface area (Å²) >= 11 is 0. The summed E-state index contributed by atoms with van der Waals surface area (Å²) < 4.78 is 43.4. The first-order valence-electron chi connectivity index (χ1n) is 8.41. The van der Waals surface area contributed by atoms with Crippen LogP contribution in [-0.4, -0.2) is 80.2 Å². The summed E-state index contributed by atoms with van der Waals surface area (Å²) in [4.78, 5) is 19.2. The maximum atomic E-state index is 12.8. The summed E-state index contributed by atoms with van der Waals surface area (Å²) in [6.07, 6.45) is -2.79. The molecule has 1 atom stereocenters. The lowest BCUT2D eigenvalue weighted by Crippen LogP contribution is -2.57. The van der Waals surface area contributed by atoms with Crippen molar-refractivity contribution in [3.8, 4) is 0 Å². The van der Waals surface area contributed by atoms with E-state index in [1.54, 1.807) is 19.2 Å². The summed E-state index contributed by atoms with van der Waals surface area (Å²) in [5.74, 6) is 0.544. The molecule has 2 rings (SSSR count). The van der Waals surface area contributed by atoms with Gasteiger partial charge in [0.2, 0.25) is 0 Å². The van der Waals surface area contributed by atoms with Gasteiger partial charge in [-0.3, -0.25) is 14.7 Å². The first-order valence-corrected chi connectivity index (χ1v) is 8.41. The van der Waals surface area contributed by atoms with Crippen LogP contribution in [0, 0.1) is 0 Å². The second kappa shape index (κ2) is 10.7. The number of piperazine rings is 1. The van der Waals surface area contributed by atoms with Crippen LogP contribution in [0.2, 0.25) is 0 Å². The second-order valence-corrected chi connectivity index (χ2v) is 5.95. The van der Waals surface area contributed by atoms with Crippen molar-refractivity contribution in [2.45, 2.75) is 19.1 Å². The lowest BCUT2D eigenvalue weighted by Gasteiger charge is -2.39. The number of carbonyl (C=O) groups is 1. The molecule has 1 fully saturated rings. The molecule has 154 valence electrons. The van der Waals surface area contributed by atoms with Crippen LogP contribution in [0.3, 0.4) is 0 Å². The highest BCUT2D eigenvalue weighted by Gasteiger charge is 2.41. The van der Waals surface area contributed by atoms with E-state index < -0.39 is 12.2 Å². The second-order valence-electron chi connectivity index (χ2n) is 5.95. The molecular weight excluding hydrogens is 478 g/mol. The largest absolute Gasteiger partial charge is 0.459 e. The van der Waals surface area contributed by atoms with Crippen LogP contribution in [0.4, 0.5) is 13.2 Å². The number of alkyl halides is 3. The van der Waals surface area contributed by atoms with E-state index in [1.807, 2.05) is 4.90 Å². The Bertz CT molecular complexity index is 602. The molecular formula is C16H25F3IN5O2. The molecule has 2 N–H and O–H groups in total. The van der Waals surface area contributed by atoms with Gasteiger partial charge in [-0.2, -0.15) is 13.2 Å². The number of hydrogen-bond donors (Lipinski definition) is 2. The summed E-state index contributed by atoms with van der Waals surface area (Å²) in [5, 5.41) is 5.81. The van der Waals surface area contributed by atoms with Crippen molar-refractivity contribution in [3.63, 3.8) is 0 Å². The topological polar surface area (TPSA) is 73.1 Å². The zero-order valence-electron chi connectivity index (χ0n) is 15.3. The fourth-order valence-electron chi connectivity index (χ4n) is 2.71. The monoisotopic (exact) mass is 503 g/mol. The van der Waals surface area contributed by atoms with E-state index in [0.717, 1.165) is 0 Å². The number of hydrogen-bond acceptors (Lipinski definition) is 4. The summed E-state index contributed by atoms with van der Waals surface area (Å²) in [6.45, 7) is 3.54. The van der Waals surface area contributed by atoms with Gasteiger partial charge in [-0.1, -0.05) is 0 Å². The van der Waals surface area contributed by atoms with E-state index in [1.165, 1.54) is 18.1 Å². The van der Waals surface area contributed by atoms with E-state index in [0.29, 0.717) is 45.2 Å². The smallest absolute Gasteiger partial charge is 0.403 e. The van der Waals surface area contributed by atoms with Gasteiger partial charge in [-0.15, -0.1) is 24.0 Å². The number of furan rings is 1. The van der Waals surface area contributed by atoms with Crippen molar-refractivity contribution >= 4 is 35.8 Å². The van der Waals surface area contributed by atoms with Crippen LogP contribution in [0.5, 0.6) is 0 Å². The Labute approximate surface area is 173 Å². The molecule has 1 aromatic rings. The minimum Gasteiger partial charge on any atom is -0.459 e. The average molecular weight is 503 g/mol. The van der Waals surface area contributed by atoms with Crippen molar-refractivity contribution in [2.24, 2.45) is 4.99 Å². The lowest BCUT2D eigenvalue weighted by molar-refractivity contribution is -0.181. The van der Waals surface area contributed by atoms with Crippen LogP contribution in [-0.2, 0) is 0 Å². The Balaban J connectivity index is 0.00000364. The molecule has 1 saturated heterocycles. The molecule has 27 heavy (non-hydrogen) atoms. The number of rotatable bonds is 5. The highest BCUT2D eigenvalue weighted by molar-refractivity contribution is 14.0. The molecule has 1 unspecified atom stereocenters. The van der Waals surface area contributed by atoms with Crippen LogP contribution < -0.4 is 10.6 Å². The van der Waals surface area contributed by atoms with Gasteiger partial charge in [-0.05, 0) is 19.1 Å². The fourth-order valence-corrected chi connectivity index (χ4v) is 2.71. The quantitative estimate of drug-likeness (QED) is 0.278. The van der Waals surface area contributed by atoms with Gasteiger partial charge >= 0.3 is 6.18 Å². The molecule has 1 amide bonds. The zero-order valence-corrected chi connectivity index (χ0v) is 17.6. The Kier molecular flexibility index (Phi) is 9.36. The van der Waals surface area contributed by atoms with E-state index in [-0.39, 0.29) is 35.6 Å². The lowest BCUT2D eigenvalue weighted by atomic mass is 10.2. The number of guanidine groups is 1. The van der Waals surface area contributed by atoms with Gasteiger partial charge < -0.3 is 20.0 Å². The molecule has 11 heteroatoms. The van der Waals surface area contributed by atoms with Gasteiger partial charge in [0.15, 0.2) is 11.7 Å². The number of aliphatic imine (C=N–C) groups is 1. The molecule has 2 heterocycles. The SMILES string of the molecule is CN=C(NCCNC(=O)c1ccco1)N1CCN(C(C)C(F)(F)F)CC1.I. The molecule has 1 aromatic heterocycles. The minimum absolute atomic E-state index is 0. The highest BCUT2D eigenvalue weighted by atomic mass is 127. The minimum atomic E-state index is -4.21. The van der Waals surface area contributed by atoms with Crippen molar-refractivity contribution in [3.05, 3.63) is 24.2 Å². The third-order valence-electron chi connectivity index (χ3n) is 4.29. The van der Waals surface area contributed by atoms with Crippen molar-refractivity contribution < 1.29 is 22.4 Å². The molecule has 1 aliphatic rings. The fraction of sp³-hybridized carbons (Fsp3) is 0.625. The van der Waals surface area contributed by atoms with Gasteiger partial charge in [0.1, 0.15) is 6.04 Å². The molecule has 0 aliphatic carbocycles. The number of nitrogens with one attached hydrogen (secondary N) is 2. The number of carbonyl (C=O) groups excluding carboxylic acids is 1. The van der Waals surface area contributed by atoms with Gasteiger partial charge in [-0.25, -0.2) is 0 Å². The summed E-state index contributed by atoms with van der Waals surface area (Å²) in [6, 6.07) is 1.76. The van der Waals surface area contributed by atoms with E-state index >= 15 is 0 Å². The molecule has 0 saturated carbocycles. The first kappa shape index (κ1) is 23.5. The molecule has 0 aromatic carbocycles. The van der Waals surface area contributed by atoms with Gasteiger partial charge in [0.25, 0.3) is 5.91 Å². The Hall–Kier alpha value is -1.50. The van der Waals surface area contributed by atoms with E-state index in [2.05, 4.69) is 15.6 Å². The predicted molar refractivity (Wildman–Crippen MR) is 106 cm³/mol. The standard InChI is InChI=1S/C16H24F3N5O2.HI/c1-12(16(17,18)19)23-7-9-24(10-8-23)15(20-2)22-6-5-21-14(25)13-4-3-11-26-13;/h3-4,11-12H,5-10H2,1-2H3,(H,20,22)(H,21,25);1H. The normalized spacial score (nSPS) is 17.2. The number of amides is 1. The third-order valence-corrected chi connectivity index (χ3v) is 4.29. The maximum absolute atomic E-state index is 12.8. The third kappa shape index (κ3) is 6.87. The Morgan fingerprint density at radius 1 is 1.26 bits per heavy atom. The zero-order chi connectivity index (χ0) is 19.2. The van der Waals surface area contributed by atoms with E-state index in [4.69, 9.17) is 4.42 Å². The van der Waals surface area contributed by atoms with Crippen LogP contribution in [0.1, 0.15) is 17.5 Å². The maximum Gasteiger partial charge on any atom is 0.403 e. The summed E-state index contributed by atoms with van der Waals surface area (Å²) in [7, 11) is 1.62. The molecule has 7 nitrogen and oxygen atoms in total. The highest BCUT2D eigenvalue weighted by Crippen LogP contribution is 2.25. The van der Waals surface area contributed by atoms with Crippen LogP contribution in [0.25, 0.3) is 0 Å². The number of nitrogens with zero attached hydrogens (tertiary/aromatic N) is 3. The molecule has 0 radical (unpaired) electrons. The van der Waals surface area contributed by atoms with E-state index in [9.17, 15) is 18.0 Å². The predicted octanol–water partition coefficient (Wildman–Crippen LogP) is 1.77. The first-order chi connectivity index (χ1) is 12.3. The molecule has 1 aliphatic heterocycles. The average Bonchev–Trinajstić information content (AvgIpc) is 3.15. The summed E-state index contributed by atoms with van der Waals surface area (Å²) in [5.41, 5.74) is 0. The van der Waals surface area contributed by atoms with Crippen LogP contribution in [0.15, 0.2) is 27.8 Å². The van der Waals surface area contributed by atoms with Crippen LogP contribution >= 0.6 is 24.0 Å². The van der Waals surface area contributed by atoms with Crippen molar-refractivity contribution in [2.75, 3.05) is 46.3 Å². The van der Waals surface area contributed by atoms with Gasteiger partial charge in [0, 0.05) is 46.3 Å². The Morgan fingerprint density at radius 2 is 1.89 bits per heavy atom. The van der Waals surface area contributed by atoms with Gasteiger partial charge in [0.05, 0.1) is 6.26 Å². The molecule has 0 bridgehead atoms.